The Hall–Kier alpha value is -0.380. The lowest BCUT2D eigenvalue weighted by atomic mass is 10.2. The van der Waals surface area contributed by atoms with Crippen molar-refractivity contribution in [1.29, 1.82) is 0 Å². The summed E-state index contributed by atoms with van der Waals surface area (Å²) in [6.45, 7) is 6.79. The Balaban J connectivity index is 2.00. The highest BCUT2D eigenvalue weighted by molar-refractivity contribution is 9.10. The molecule has 0 aromatic heterocycles. The SMILES string of the molecule is CC1CN(Cc2ccccc2Br)CCCN1. The fraction of sp³-hybridized carbons (Fsp3) is 0.538. The van der Waals surface area contributed by atoms with Crippen molar-refractivity contribution in [2.45, 2.75) is 25.9 Å². The summed E-state index contributed by atoms with van der Waals surface area (Å²) in [5.41, 5.74) is 1.39. The smallest absolute Gasteiger partial charge is 0.0245 e. The topological polar surface area (TPSA) is 15.3 Å². The highest BCUT2D eigenvalue weighted by Gasteiger charge is 2.14. The number of rotatable bonds is 2. The van der Waals surface area contributed by atoms with Crippen LogP contribution in [-0.2, 0) is 6.54 Å². The zero-order valence-corrected chi connectivity index (χ0v) is 11.3. The second-order valence-corrected chi connectivity index (χ2v) is 5.39. The molecule has 3 heteroatoms. The van der Waals surface area contributed by atoms with E-state index in [2.05, 4.69) is 57.3 Å². The van der Waals surface area contributed by atoms with E-state index >= 15 is 0 Å². The van der Waals surface area contributed by atoms with Gasteiger partial charge in [-0.1, -0.05) is 34.1 Å². The van der Waals surface area contributed by atoms with Crippen molar-refractivity contribution in [1.82, 2.24) is 10.2 Å². The first-order valence-corrected chi connectivity index (χ1v) is 6.74. The van der Waals surface area contributed by atoms with Crippen LogP contribution in [0.4, 0.5) is 0 Å². The van der Waals surface area contributed by atoms with Crippen LogP contribution in [0.3, 0.4) is 0 Å². The van der Waals surface area contributed by atoms with Gasteiger partial charge < -0.3 is 5.32 Å². The Morgan fingerprint density at radius 2 is 2.25 bits per heavy atom. The molecule has 2 rings (SSSR count). The van der Waals surface area contributed by atoms with Crippen molar-refractivity contribution >= 4 is 15.9 Å². The van der Waals surface area contributed by atoms with Crippen molar-refractivity contribution in [3.63, 3.8) is 0 Å². The van der Waals surface area contributed by atoms with Crippen LogP contribution in [0.5, 0.6) is 0 Å². The van der Waals surface area contributed by atoms with Crippen LogP contribution in [0.25, 0.3) is 0 Å². The normalized spacial score (nSPS) is 23.0. The molecule has 88 valence electrons. The molecule has 1 aromatic rings. The first-order valence-electron chi connectivity index (χ1n) is 5.95. The molecule has 1 saturated heterocycles. The predicted octanol–water partition coefficient (Wildman–Crippen LogP) is 2.63. The average Bonchev–Trinajstić information content (AvgIpc) is 2.46. The minimum atomic E-state index is 0.602. The molecule has 0 amide bonds. The first-order chi connectivity index (χ1) is 7.75. The van der Waals surface area contributed by atoms with E-state index in [1.54, 1.807) is 0 Å². The van der Waals surface area contributed by atoms with E-state index in [4.69, 9.17) is 0 Å². The summed E-state index contributed by atoms with van der Waals surface area (Å²) in [7, 11) is 0. The Morgan fingerprint density at radius 1 is 1.44 bits per heavy atom. The second kappa shape index (κ2) is 5.80. The molecule has 0 aliphatic carbocycles. The van der Waals surface area contributed by atoms with Crippen molar-refractivity contribution < 1.29 is 0 Å². The maximum absolute atomic E-state index is 3.62. The van der Waals surface area contributed by atoms with Crippen molar-refractivity contribution in [2.24, 2.45) is 0 Å². The molecule has 1 N–H and O–H groups in total. The molecular formula is C13H19BrN2. The average molecular weight is 283 g/mol. The molecule has 1 atom stereocenters. The molecule has 1 aromatic carbocycles. The fourth-order valence-electron chi connectivity index (χ4n) is 2.21. The molecule has 1 unspecified atom stereocenters. The Morgan fingerprint density at radius 3 is 3.06 bits per heavy atom. The lowest BCUT2D eigenvalue weighted by Gasteiger charge is -2.22. The van der Waals surface area contributed by atoms with Crippen LogP contribution >= 0.6 is 15.9 Å². The van der Waals surface area contributed by atoms with E-state index in [-0.39, 0.29) is 0 Å². The third-order valence-electron chi connectivity index (χ3n) is 3.03. The van der Waals surface area contributed by atoms with Gasteiger partial charge in [0.1, 0.15) is 0 Å². The number of halogens is 1. The summed E-state index contributed by atoms with van der Waals surface area (Å²) in [4.78, 5) is 2.53. The van der Waals surface area contributed by atoms with E-state index in [1.807, 2.05) is 0 Å². The number of hydrogen-bond donors (Lipinski definition) is 1. The lowest BCUT2D eigenvalue weighted by Crippen LogP contribution is -2.35. The zero-order chi connectivity index (χ0) is 11.4. The number of nitrogens with zero attached hydrogens (tertiary/aromatic N) is 1. The minimum absolute atomic E-state index is 0.602. The molecule has 0 spiro atoms. The monoisotopic (exact) mass is 282 g/mol. The van der Waals surface area contributed by atoms with Crippen molar-refractivity contribution in [3.05, 3.63) is 34.3 Å². The number of hydrogen-bond acceptors (Lipinski definition) is 2. The van der Waals surface area contributed by atoms with Gasteiger partial charge in [-0.3, -0.25) is 4.90 Å². The van der Waals surface area contributed by atoms with E-state index in [0.717, 1.165) is 19.6 Å². The van der Waals surface area contributed by atoms with E-state index in [1.165, 1.54) is 23.0 Å². The van der Waals surface area contributed by atoms with Crippen LogP contribution in [0.1, 0.15) is 18.9 Å². The van der Waals surface area contributed by atoms with Crippen LogP contribution in [0, 0.1) is 0 Å². The molecule has 1 aliphatic rings. The lowest BCUT2D eigenvalue weighted by molar-refractivity contribution is 0.264. The van der Waals surface area contributed by atoms with Crippen LogP contribution in [0.15, 0.2) is 28.7 Å². The molecule has 0 radical (unpaired) electrons. The number of benzene rings is 1. The molecule has 0 saturated carbocycles. The summed E-state index contributed by atoms with van der Waals surface area (Å²) in [6, 6.07) is 9.10. The highest BCUT2D eigenvalue weighted by Crippen LogP contribution is 2.18. The van der Waals surface area contributed by atoms with Gasteiger partial charge in [0.2, 0.25) is 0 Å². The standard InChI is InChI=1S/C13H19BrN2/c1-11-9-16(8-4-7-15-11)10-12-5-2-3-6-13(12)14/h2-3,5-6,11,15H,4,7-10H2,1H3. The van der Waals surface area contributed by atoms with Crippen molar-refractivity contribution in [2.75, 3.05) is 19.6 Å². The summed E-state index contributed by atoms with van der Waals surface area (Å²) in [5, 5.41) is 3.52. The van der Waals surface area contributed by atoms with Gasteiger partial charge in [0.05, 0.1) is 0 Å². The quantitative estimate of drug-likeness (QED) is 0.897. The minimum Gasteiger partial charge on any atom is -0.313 e. The Kier molecular flexibility index (Phi) is 4.38. The maximum Gasteiger partial charge on any atom is 0.0245 e. The van der Waals surface area contributed by atoms with Gasteiger partial charge in [0.15, 0.2) is 0 Å². The Bertz CT molecular complexity index is 340. The van der Waals surface area contributed by atoms with Crippen LogP contribution in [0.2, 0.25) is 0 Å². The largest absolute Gasteiger partial charge is 0.313 e. The van der Waals surface area contributed by atoms with E-state index < -0.39 is 0 Å². The fourth-order valence-corrected chi connectivity index (χ4v) is 2.62. The molecule has 16 heavy (non-hydrogen) atoms. The molecule has 0 bridgehead atoms. The second-order valence-electron chi connectivity index (χ2n) is 4.54. The van der Waals surface area contributed by atoms with Gasteiger partial charge in [-0.15, -0.1) is 0 Å². The van der Waals surface area contributed by atoms with Crippen LogP contribution < -0.4 is 5.32 Å². The van der Waals surface area contributed by atoms with Gasteiger partial charge in [-0.25, -0.2) is 0 Å². The van der Waals surface area contributed by atoms with Gasteiger partial charge in [-0.2, -0.15) is 0 Å². The van der Waals surface area contributed by atoms with Crippen LogP contribution in [-0.4, -0.2) is 30.6 Å². The van der Waals surface area contributed by atoms with Gasteiger partial charge in [0, 0.05) is 23.6 Å². The molecule has 1 aliphatic heterocycles. The molecule has 2 nitrogen and oxygen atoms in total. The van der Waals surface area contributed by atoms with E-state index in [0.29, 0.717) is 6.04 Å². The summed E-state index contributed by atoms with van der Waals surface area (Å²) < 4.78 is 1.22. The third-order valence-corrected chi connectivity index (χ3v) is 3.80. The summed E-state index contributed by atoms with van der Waals surface area (Å²) in [6.07, 6.45) is 1.24. The van der Waals surface area contributed by atoms with Gasteiger partial charge in [0.25, 0.3) is 0 Å². The maximum atomic E-state index is 3.62. The predicted molar refractivity (Wildman–Crippen MR) is 71.5 cm³/mol. The number of nitrogens with one attached hydrogen (secondary N) is 1. The van der Waals surface area contributed by atoms with E-state index in [9.17, 15) is 0 Å². The third kappa shape index (κ3) is 3.30. The van der Waals surface area contributed by atoms with Crippen molar-refractivity contribution in [3.8, 4) is 0 Å². The first kappa shape index (κ1) is 12.1. The molecule has 1 heterocycles. The molecular weight excluding hydrogens is 264 g/mol. The van der Waals surface area contributed by atoms with Gasteiger partial charge >= 0.3 is 0 Å². The summed E-state index contributed by atoms with van der Waals surface area (Å²) in [5.74, 6) is 0. The zero-order valence-electron chi connectivity index (χ0n) is 9.75. The highest BCUT2D eigenvalue weighted by atomic mass is 79.9. The van der Waals surface area contributed by atoms with Gasteiger partial charge in [-0.05, 0) is 38.1 Å². The molecule has 1 fully saturated rings. The Labute approximate surface area is 106 Å². The summed E-state index contributed by atoms with van der Waals surface area (Å²) >= 11 is 3.62.